The van der Waals surface area contributed by atoms with Crippen LogP contribution in [0.3, 0.4) is 0 Å². The Hall–Kier alpha value is -2.22. The summed E-state index contributed by atoms with van der Waals surface area (Å²) in [6.45, 7) is 9.23. The Morgan fingerprint density at radius 3 is 1.31 bits per heavy atom. The largest absolute Gasteiger partial charge is 0.298 e. The molecule has 2 nitrogen and oxygen atoms in total. The van der Waals surface area contributed by atoms with Crippen LogP contribution < -0.4 is 0 Å². The maximum absolute atomic E-state index is 12.1. The minimum absolute atomic E-state index is 0.149. The van der Waals surface area contributed by atoms with Crippen molar-refractivity contribution in [3.63, 3.8) is 0 Å². The van der Waals surface area contributed by atoms with Gasteiger partial charge in [0, 0.05) is 16.5 Å². The summed E-state index contributed by atoms with van der Waals surface area (Å²) in [7, 11) is 0. The summed E-state index contributed by atoms with van der Waals surface area (Å²) in [6.07, 6.45) is 22.0. The number of carbonyl (C=O) groups excluding carboxylic acids is 2. The molecule has 2 unspecified atom stereocenters. The lowest BCUT2D eigenvalue weighted by Gasteiger charge is -2.47. The normalized spacial score (nSPS) is 15.0. The number of fused-ring (bicyclic) bond motifs is 3. The van der Waals surface area contributed by atoms with Crippen molar-refractivity contribution in [3.8, 4) is 11.1 Å². The van der Waals surface area contributed by atoms with Crippen molar-refractivity contribution in [2.75, 3.05) is 0 Å². The van der Waals surface area contributed by atoms with E-state index in [1.807, 2.05) is 12.1 Å². The Morgan fingerprint density at radius 1 is 0.538 bits per heavy atom. The second kappa shape index (κ2) is 16.1. The fraction of sp³-hybridized carbons (Fsp3) is 0.622. The van der Waals surface area contributed by atoms with Crippen LogP contribution in [0.4, 0.5) is 0 Å². The van der Waals surface area contributed by atoms with Crippen LogP contribution >= 0.6 is 0 Å². The van der Waals surface area contributed by atoms with Gasteiger partial charge in [0.1, 0.15) is 12.6 Å². The van der Waals surface area contributed by atoms with Crippen molar-refractivity contribution < 1.29 is 9.59 Å². The van der Waals surface area contributed by atoms with Crippen LogP contribution in [-0.4, -0.2) is 12.6 Å². The van der Waals surface area contributed by atoms with Gasteiger partial charge >= 0.3 is 0 Å². The third-order valence-electron chi connectivity index (χ3n) is 9.42. The van der Waals surface area contributed by atoms with Crippen molar-refractivity contribution >= 4 is 12.6 Å². The Bertz CT molecular complexity index is 952. The number of aldehydes is 2. The topological polar surface area (TPSA) is 34.1 Å². The molecular formula is C37H54O2. The quantitative estimate of drug-likeness (QED) is 0.126. The molecule has 0 heterocycles. The summed E-state index contributed by atoms with van der Waals surface area (Å²) in [6, 6.07) is 12.8. The predicted octanol–water partition coefficient (Wildman–Crippen LogP) is 11.1. The molecule has 3 rings (SSSR count). The van der Waals surface area contributed by atoms with Crippen molar-refractivity contribution in [1.29, 1.82) is 0 Å². The third kappa shape index (κ3) is 7.11. The zero-order chi connectivity index (χ0) is 28.1. The van der Waals surface area contributed by atoms with Crippen LogP contribution in [0, 0.1) is 11.8 Å². The molecule has 2 aromatic carbocycles. The van der Waals surface area contributed by atoms with E-state index in [-0.39, 0.29) is 5.41 Å². The highest BCUT2D eigenvalue weighted by molar-refractivity contribution is 5.88. The fourth-order valence-corrected chi connectivity index (χ4v) is 7.67. The van der Waals surface area contributed by atoms with Crippen LogP contribution in [0.25, 0.3) is 11.1 Å². The van der Waals surface area contributed by atoms with E-state index in [1.54, 1.807) is 0 Å². The highest BCUT2D eigenvalue weighted by Crippen LogP contribution is 2.60. The number of benzene rings is 2. The molecule has 2 aromatic rings. The zero-order valence-corrected chi connectivity index (χ0v) is 25.4. The molecule has 0 N–H and O–H groups in total. The van der Waals surface area contributed by atoms with Crippen molar-refractivity contribution in [2.24, 2.45) is 11.8 Å². The summed E-state index contributed by atoms with van der Waals surface area (Å²) < 4.78 is 0. The van der Waals surface area contributed by atoms with Gasteiger partial charge in [-0.3, -0.25) is 9.59 Å². The smallest absolute Gasteiger partial charge is 0.150 e. The highest BCUT2D eigenvalue weighted by Gasteiger charge is 2.52. The molecule has 0 aromatic heterocycles. The molecule has 0 aliphatic heterocycles. The van der Waals surface area contributed by atoms with Gasteiger partial charge in [-0.2, -0.15) is 0 Å². The van der Waals surface area contributed by atoms with Gasteiger partial charge in [0.25, 0.3) is 0 Å². The van der Waals surface area contributed by atoms with E-state index in [9.17, 15) is 9.59 Å². The second-order valence-electron chi connectivity index (χ2n) is 12.1. The molecule has 1 aliphatic carbocycles. The molecule has 214 valence electrons. The molecule has 1 aliphatic rings. The highest BCUT2D eigenvalue weighted by atomic mass is 16.1. The standard InChI is InChI=1S/C37H54O2/c1-5-9-11-13-15-19-31(17-7-3)37(32(18-8-4)20-16-14-12-10-6-2)35-25-29(27-38)21-23-33(35)34-24-22-30(28-39)26-36(34)37/h21-28,31-32H,5-20H2,1-4H3. The maximum Gasteiger partial charge on any atom is 0.150 e. The SMILES string of the molecule is CCCCCCCC(CCC)C1(C(CCC)CCCCCCC)c2cc(C=O)ccc2-c2ccc(C=O)cc21. The van der Waals surface area contributed by atoms with Crippen LogP contribution in [0.2, 0.25) is 0 Å². The van der Waals surface area contributed by atoms with Crippen LogP contribution in [0.5, 0.6) is 0 Å². The first kappa shape index (κ1) is 31.3. The number of rotatable bonds is 20. The lowest BCUT2D eigenvalue weighted by atomic mass is 9.56. The Labute approximate surface area is 239 Å². The summed E-state index contributed by atoms with van der Waals surface area (Å²) in [4.78, 5) is 24.2. The summed E-state index contributed by atoms with van der Waals surface area (Å²) in [5.74, 6) is 1.00. The van der Waals surface area contributed by atoms with Gasteiger partial charge in [0.15, 0.2) is 0 Å². The molecule has 0 saturated carbocycles. The number of unbranched alkanes of at least 4 members (excludes halogenated alkanes) is 8. The minimum Gasteiger partial charge on any atom is -0.298 e. The average Bonchev–Trinajstić information content (AvgIpc) is 3.25. The van der Waals surface area contributed by atoms with Gasteiger partial charge in [-0.05, 0) is 71.9 Å². The van der Waals surface area contributed by atoms with E-state index in [0.717, 1.165) is 36.5 Å². The summed E-state index contributed by atoms with van der Waals surface area (Å²) in [5.41, 5.74) is 6.70. The Balaban J connectivity index is 2.21. The Kier molecular flexibility index (Phi) is 13.0. The van der Waals surface area contributed by atoms with Crippen LogP contribution in [0.15, 0.2) is 36.4 Å². The van der Waals surface area contributed by atoms with Gasteiger partial charge in [-0.1, -0.05) is 129 Å². The van der Waals surface area contributed by atoms with Gasteiger partial charge in [0.2, 0.25) is 0 Å². The van der Waals surface area contributed by atoms with Gasteiger partial charge in [-0.25, -0.2) is 0 Å². The van der Waals surface area contributed by atoms with Crippen molar-refractivity contribution in [1.82, 2.24) is 0 Å². The molecule has 0 saturated heterocycles. The lowest BCUT2D eigenvalue weighted by Crippen LogP contribution is -2.42. The molecule has 2 atom stereocenters. The molecule has 2 heteroatoms. The van der Waals surface area contributed by atoms with Crippen LogP contribution in [-0.2, 0) is 5.41 Å². The van der Waals surface area contributed by atoms with E-state index >= 15 is 0 Å². The first-order chi connectivity index (χ1) is 19.1. The molecular weight excluding hydrogens is 476 g/mol. The summed E-state index contributed by atoms with van der Waals surface area (Å²) in [5, 5.41) is 0. The number of hydrogen-bond donors (Lipinski definition) is 0. The van der Waals surface area contributed by atoms with E-state index in [2.05, 4.69) is 52.0 Å². The second-order valence-corrected chi connectivity index (χ2v) is 12.1. The minimum atomic E-state index is -0.149. The van der Waals surface area contributed by atoms with Gasteiger partial charge in [0.05, 0.1) is 0 Å². The van der Waals surface area contributed by atoms with Crippen molar-refractivity contribution in [3.05, 3.63) is 58.7 Å². The summed E-state index contributed by atoms with van der Waals surface area (Å²) >= 11 is 0. The molecule has 0 fully saturated rings. The van der Waals surface area contributed by atoms with Crippen molar-refractivity contribution in [2.45, 2.75) is 136 Å². The van der Waals surface area contributed by atoms with Crippen LogP contribution in [0.1, 0.15) is 162 Å². The van der Waals surface area contributed by atoms with Gasteiger partial charge < -0.3 is 0 Å². The third-order valence-corrected chi connectivity index (χ3v) is 9.42. The molecule has 0 radical (unpaired) electrons. The van der Waals surface area contributed by atoms with E-state index in [0.29, 0.717) is 11.8 Å². The number of carbonyl (C=O) groups is 2. The predicted molar refractivity (Wildman–Crippen MR) is 167 cm³/mol. The maximum atomic E-state index is 12.1. The fourth-order valence-electron chi connectivity index (χ4n) is 7.67. The first-order valence-corrected chi connectivity index (χ1v) is 16.3. The molecule has 0 bridgehead atoms. The average molecular weight is 531 g/mol. The number of hydrogen-bond acceptors (Lipinski definition) is 2. The van der Waals surface area contributed by atoms with E-state index in [1.165, 1.54) is 112 Å². The van der Waals surface area contributed by atoms with E-state index in [4.69, 9.17) is 0 Å². The molecule has 39 heavy (non-hydrogen) atoms. The van der Waals surface area contributed by atoms with E-state index < -0.39 is 0 Å². The molecule has 0 amide bonds. The van der Waals surface area contributed by atoms with Gasteiger partial charge in [-0.15, -0.1) is 0 Å². The molecule has 0 spiro atoms. The first-order valence-electron chi connectivity index (χ1n) is 16.3. The lowest BCUT2D eigenvalue weighted by molar-refractivity contribution is 0.111. The monoisotopic (exact) mass is 530 g/mol. The zero-order valence-electron chi connectivity index (χ0n) is 25.4. The Morgan fingerprint density at radius 2 is 0.949 bits per heavy atom.